The lowest BCUT2D eigenvalue weighted by Crippen LogP contribution is -2.35. The summed E-state index contributed by atoms with van der Waals surface area (Å²) in [6.07, 6.45) is 0. The molecule has 0 amide bonds. The van der Waals surface area contributed by atoms with Crippen LogP contribution in [-0.2, 0) is 6.54 Å². The number of benzene rings is 2. The van der Waals surface area contributed by atoms with E-state index in [1.54, 1.807) is 6.07 Å². The summed E-state index contributed by atoms with van der Waals surface area (Å²) >= 11 is 12.4. The molecular weight excluding hydrogens is 305 g/mol. The number of hydrogen-bond donors (Lipinski definition) is 1. The molecule has 1 aliphatic heterocycles. The van der Waals surface area contributed by atoms with E-state index in [1.807, 2.05) is 30.3 Å². The van der Waals surface area contributed by atoms with Gasteiger partial charge in [0.15, 0.2) is 5.96 Å². The van der Waals surface area contributed by atoms with Crippen LogP contribution in [0.1, 0.15) is 17.2 Å². The number of hydrogen-bond acceptors (Lipinski definition) is 3. The summed E-state index contributed by atoms with van der Waals surface area (Å²) in [5.74, 6) is 0.542. The predicted molar refractivity (Wildman–Crippen MR) is 87.7 cm³/mol. The first-order chi connectivity index (χ1) is 10.1. The molecular formula is C16H15Cl2N3. The molecule has 2 aromatic carbocycles. The molecule has 0 saturated heterocycles. The van der Waals surface area contributed by atoms with Crippen molar-refractivity contribution in [3.05, 3.63) is 69.7 Å². The van der Waals surface area contributed by atoms with E-state index in [0.717, 1.165) is 5.56 Å². The first kappa shape index (κ1) is 14.2. The van der Waals surface area contributed by atoms with Gasteiger partial charge in [-0.15, -0.1) is 0 Å². The first-order valence-electron chi connectivity index (χ1n) is 6.70. The van der Waals surface area contributed by atoms with Crippen molar-refractivity contribution in [1.29, 1.82) is 0 Å². The van der Waals surface area contributed by atoms with Gasteiger partial charge in [0.2, 0.25) is 0 Å². The van der Waals surface area contributed by atoms with E-state index >= 15 is 0 Å². The van der Waals surface area contributed by atoms with Crippen molar-refractivity contribution in [3.63, 3.8) is 0 Å². The van der Waals surface area contributed by atoms with E-state index in [9.17, 15) is 0 Å². The van der Waals surface area contributed by atoms with Crippen LogP contribution < -0.4 is 5.73 Å². The number of guanidine groups is 1. The van der Waals surface area contributed by atoms with Crippen molar-refractivity contribution in [2.75, 3.05) is 6.54 Å². The second-order valence-electron chi connectivity index (χ2n) is 4.99. The van der Waals surface area contributed by atoms with Crippen LogP contribution in [0.4, 0.5) is 0 Å². The van der Waals surface area contributed by atoms with Crippen LogP contribution in [0, 0.1) is 0 Å². The highest BCUT2D eigenvalue weighted by Gasteiger charge is 2.29. The van der Waals surface area contributed by atoms with E-state index in [-0.39, 0.29) is 6.04 Å². The van der Waals surface area contributed by atoms with Crippen molar-refractivity contribution >= 4 is 29.2 Å². The molecule has 0 saturated carbocycles. The standard InChI is InChI=1S/C16H15Cl2N3/c17-12-6-7-14(18)13(8-12)15-9-20-16(19)21(15)10-11-4-2-1-3-5-11/h1-8,15H,9-10H2,(H2,19,20). The van der Waals surface area contributed by atoms with E-state index in [1.165, 1.54) is 5.56 Å². The quantitative estimate of drug-likeness (QED) is 0.933. The molecule has 1 aliphatic rings. The summed E-state index contributed by atoms with van der Waals surface area (Å²) in [4.78, 5) is 6.42. The third-order valence-electron chi connectivity index (χ3n) is 3.61. The Kier molecular flexibility index (Phi) is 4.04. The molecule has 5 heteroatoms. The number of nitrogens with zero attached hydrogens (tertiary/aromatic N) is 2. The molecule has 0 bridgehead atoms. The van der Waals surface area contributed by atoms with Gasteiger partial charge < -0.3 is 10.6 Å². The molecule has 0 aromatic heterocycles. The Hall–Kier alpha value is -1.71. The highest BCUT2D eigenvalue weighted by atomic mass is 35.5. The van der Waals surface area contributed by atoms with Gasteiger partial charge in [-0.1, -0.05) is 53.5 Å². The number of rotatable bonds is 3. The van der Waals surface area contributed by atoms with Gasteiger partial charge in [-0.25, -0.2) is 0 Å². The van der Waals surface area contributed by atoms with Gasteiger partial charge in [-0.3, -0.25) is 4.99 Å². The Labute approximate surface area is 134 Å². The maximum atomic E-state index is 6.32. The molecule has 21 heavy (non-hydrogen) atoms. The first-order valence-corrected chi connectivity index (χ1v) is 7.46. The third-order valence-corrected chi connectivity index (χ3v) is 4.19. The zero-order valence-electron chi connectivity index (χ0n) is 11.3. The number of nitrogens with two attached hydrogens (primary N) is 1. The smallest absolute Gasteiger partial charge is 0.192 e. The van der Waals surface area contributed by atoms with E-state index in [2.05, 4.69) is 22.0 Å². The van der Waals surface area contributed by atoms with Crippen LogP contribution in [0.2, 0.25) is 10.0 Å². The fraction of sp³-hybridized carbons (Fsp3) is 0.188. The molecule has 0 aliphatic carbocycles. The zero-order chi connectivity index (χ0) is 14.8. The lowest BCUT2D eigenvalue weighted by atomic mass is 10.1. The van der Waals surface area contributed by atoms with Crippen LogP contribution in [0.5, 0.6) is 0 Å². The Bertz CT molecular complexity index is 670. The molecule has 0 spiro atoms. The minimum atomic E-state index is 0.0245. The highest BCUT2D eigenvalue weighted by Crippen LogP contribution is 2.33. The maximum Gasteiger partial charge on any atom is 0.192 e. The van der Waals surface area contributed by atoms with Crippen LogP contribution in [0.15, 0.2) is 53.5 Å². The van der Waals surface area contributed by atoms with Crippen LogP contribution in [0.3, 0.4) is 0 Å². The predicted octanol–water partition coefficient (Wildman–Crippen LogP) is 3.87. The summed E-state index contributed by atoms with van der Waals surface area (Å²) in [6.45, 7) is 1.29. The second-order valence-corrected chi connectivity index (χ2v) is 5.84. The summed E-state index contributed by atoms with van der Waals surface area (Å²) in [5, 5.41) is 1.35. The van der Waals surface area contributed by atoms with Crippen LogP contribution >= 0.6 is 23.2 Å². The molecule has 3 rings (SSSR count). The molecule has 0 fully saturated rings. The average molecular weight is 320 g/mol. The molecule has 2 N–H and O–H groups in total. The molecule has 108 valence electrons. The topological polar surface area (TPSA) is 41.6 Å². The lowest BCUT2D eigenvalue weighted by molar-refractivity contribution is 0.340. The van der Waals surface area contributed by atoms with E-state index in [4.69, 9.17) is 28.9 Å². The summed E-state index contributed by atoms with van der Waals surface area (Å²) < 4.78 is 0. The minimum Gasteiger partial charge on any atom is -0.370 e. The lowest BCUT2D eigenvalue weighted by Gasteiger charge is -2.27. The van der Waals surface area contributed by atoms with E-state index in [0.29, 0.717) is 29.1 Å². The molecule has 2 aromatic rings. The fourth-order valence-corrected chi connectivity index (χ4v) is 2.96. The Morgan fingerprint density at radius 1 is 1.14 bits per heavy atom. The Morgan fingerprint density at radius 2 is 1.90 bits per heavy atom. The van der Waals surface area contributed by atoms with Crippen molar-refractivity contribution in [2.45, 2.75) is 12.6 Å². The SMILES string of the molecule is NC1=NCC(c2cc(Cl)ccc2Cl)N1Cc1ccccc1. The minimum absolute atomic E-state index is 0.0245. The van der Waals surface area contributed by atoms with Gasteiger partial charge >= 0.3 is 0 Å². The normalized spacial score (nSPS) is 17.9. The maximum absolute atomic E-state index is 6.32. The average Bonchev–Trinajstić information content (AvgIpc) is 2.84. The molecule has 1 atom stereocenters. The monoisotopic (exact) mass is 319 g/mol. The Balaban J connectivity index is 1.90. The Morgan fingerprint density at radius 3 is 2.67 bits per heavy atom. The molecule has 3 nitrogen and oxygen atoms in total. The van der Waals surface area contributed by atoms with Crippen molar-refractivity contribution in [2.24, 2.45) is 10.7 Å². The van der Waals surface area contributed by atoms with Crippen molar-refractivity contribution in [1.82, 2.24) is 4.90 Å². The molecule has 0 radical (unpaired) electrons. The highest BCUT2D eigenvalue weighted by molar-refractivity contribution is 6.33. The van der Waals surface area contributed by atoms with Gasteiger partial charge in [0.25, 0.3) is 0 Å². The largest absolute Gasteiger partial charge is 0.370 e. The van der Waals surface area contributed by atoms with Crippen LogP contribution in [0.25, 0.3) is 0 Å². The number of halogens is 2. The van der Waals surface area contributed by atoms with Gasteiger partial charge in [-0.05, 0) is 29.3 Å². The van der Waals surface area contributed by atoms with E-state index < -0.39 is 0 Å². The van der Waals surface area contributed by atoms with Crippen LogP contribution in [-0.4, -0.2) is 17.4 Å². The molecule has 1 unspecified atom stereocenters. The summed E-state index contributed by atoms with van der Waals surface area (Å²) in [6, 6.07) is 15.7. The molecule has 1 heterocycles. The fourth-order valence-electron chi connectivity index (χ4n) is 2.54. The number of aliphatic imine (C=N–C) groups is 1. The van der Waals surface area contributed by atoms with Gasteiger partial charge in [0.05, 0.1) is 12.6 Å². The zero-order valence-corrected chi connectivity index (χ0v) is 12.8. The van der Waals surface area contributed by atoms with Gasteiger partial charge in [0, 0.05) is 16.6 Å². The van der Waals surface area contributed by atoms with Crippen molar-refractivity contribution in [3.8, 4) is 0 Å². The third kappa shape index (κ3) is 2.99. The van der Waals surface area contributed by atoms with Crippen molar-refractivity contribution < 1.29 is 0 Å². The second kappa shape index (κ2) is 5.96. The summed E-state index contributed by atoms with van der Waals surface area (Å²) in [7, 11) is 0. The van der Waals surface area contributed by atoms with Gasteiger partial charge in [-0.2, -0.15) is 0 Å². The summed E-state index contributed by atoms with van der Waals surface area (Å²) in [5.41, 5.74) is 8.19. The van der Waals surface area contributed by atoms with Gasteiger partial charge in [0.1, 0.15) is 0 Å².